The van der Waals surface area contributed by atoms with E-state index in [1.807, 2.05) is 30.3 Å². The van der Waals surface area contributed by atoms with Crippen molar-refractivity contribution in [2.75, 3.05) is 17.2 Å². The lowest BCUT2D eigenvalue weighted by atomic mass is 9.99. The minimum atomic E-state index is -0.0645. The molecule has 0 fully saturated rings. The summed E-state index contributed by atoms with van der Waals surface area (Å²) in [4.78, 5) is 11.0. The molecule has 108 valence electrons. The second-order valence-corrected chi connectivity index (χ2v) is 5.17. The molecule has 1 heterocycles. The first-order valence-electron chi connectivity index (χ1n) is 7.02. The maximum Gasteiger partial charge on any atom is 0.221 e. The Balaban J connectivity index is 1.74. The molecule has 1 amide bonds. The highest BCUT2D eigenvalue weighted by Gasteiger charge is 2.19. The van der Waals surface area contributed by atoms with Gasteiger partial charge in [0.05, 0.1) is 19.3 Å². The zero-order chi connectivity index (χ0) is 14.7. The monoisotopic (exact) mass is 282 g/mol. The van der Waals surface area contributed by atoms with Crippen molar-refractivity contribution >= 4 is 17.3 Å². The predicted octanol–water partition coefficient (Wildman–Crippen LogP) is 3.33. The van der Waals surface area contributed by atoms with E-state index in [-0.39, 0.29) is 11.9 Å². The molecule has 1 unspecified atom stereocenters. The molecule has 0 aromatic heterocycles. The number of hydrogen-bond donors (Lipinski definition) is 2. The second-order valence-electron chi connectivity index (χ2n) is 5.17. The minimum Gasteiger partial charge on any atom is -0.376 e. The molecule has 0 aliphatic carbocycles. The van der Waals surface area contributed by atoms with E-state index < -0.39 is 0 Å². The van der Waals surface area contributed by atoms with Crippen molar-refractivity contribution < 1.29 is 9.53 Å². The van der Waals surface area contributed by atoms with E-state index in [0.29, 0.717) is 13.2 Å². The van der Waals surface area contributed by atoms with Crippen molar-refractivity contribution in [1.82, 2.24) is 0 Å². The van der Waals surface area contributed by atoms with Crippen LogP contribution >= 0.6 is 0 Å². The normalized spacial score (nSPS) is 16.9. The molecule has 2 N–H and O–H groups in total. The van der Waals surface area contributed by atoms with E-state index in [1.165, 1.54) is 18.1 Å². The van der Waals surface area contributed by atoms with Gasteiger partial charge in [0.25, 0.3) is 0 Å². The third-order valence-corrected chi connectivity index (χ3v) is 3.52. The van der Waals surface area contributed by atoms with Crippen LogP contribution in [0.25, 0.3) is 0 Å². The Hall–Kier alpha value is -2.33. The molecule has 0 spiro atoms. The first-order valence-corrected chi connectivity index (χ1v) is 7.02. The van der Waals surface area contributed by atoms with E-state index in [4.69, 9.17) is 4.74 Å². The fraction of sp³-hybridized carbons (Fsp3) is 0.235. The molecule has 4 nitrogen and oxygen atoms in total. The molecule has 21 heavy (non-hydrogen) atoms. The molecule has 1 aliphatic heterocycles. The van der Waals surface area contributed by atoms with Crippen LogP contribution < -0.4 is 10.6 Å². The molecule has 0 radical (unpaired) electrons. The quantitative estimate of drug-likeness (QED) is 0.908. The Kier molecular flexibility index (Phi) is 3.88. The number of ether oxygens (including phenoxy) is 1. The van der Waals surface area contributed by atoms with Crippen LogP contribution in [-0.4, -0.2) is 12.5 Å². The van der Waals surface area contributed by atoms with Gasteiger partial charge in [0.2, 0.25) is 5.91 Å². The Morgan fingerprint density at radius 1 is 1.10 bits per heavy atom. The number of hydrogen-bond acceptors (Lipinski definition) is 3. The first-order chi connectivity index (χ1) is 10.2. The number of fused-ring (bicyclic) bond motifs is 1. The van der Waals surface area contributed by atoms with Gasteiger partial charge >= 0.3 is 0 Å². The zero-order valence-corrected chi connectivity index (χ0v) is 11.9. The number of benzene rings is 2. The molecule has 2 aromatic rings. The van der Waals surface area contributed by atoms with Gasteiger partial charge in [0.15, 0.2) is 0 Å². The lowest BCUT2D eigenvalue weighted by Crippen LogP contribution is -2.23. The average molecular weight is 282 g/mol. The van der Waals surface area contributed by atoms with Gasteiger partial charge in [0.1, 0.15) is 0 Å². The minimum absolute atomic E-state index is 0.0645. The molecule has 0 saturated carbocycles. The molecule has 0 bridgehead atoms. The van der Waals surface area contributed by atoms with Crippen molar-refractivity contribution in [2.24, 2.45) is 0 Å². The van der Waals surface area contributed by atoms with E-state index in [0.717, 1.165) is 11.4 Å². The van der Waals surface area contributed by atoms with E-state index in [2.05, 4.69) is 28.8 Å². The number of anilines is 2. The van der Waals surface area contributed by atoms with Crippen LogP contribution in [0.2, 0.25) is 0 Å². The summed E-state index contributed by atoms with van der Waals surface area (Å²) in [7, 11) is 0. The highest BCUT2D eigenvalue weighted by atomic mass is 16.5. The molecule has 0 saturated heterocycles. The van der Waals surface area contributed by atoms with Crippen molar-refractivity contribution in [3.05, 3.63) is 59.7 Å². The van der Waals surface area contributed by atoms with Crippen LogP contribution in [0.3, 0.4) is 0 Å². The highest BCUT2D eigenvalue weighted by Crippen LogP contribution is 2.28. The van der Waals surface area contributed by atoms with Gasteiger partial charge in [0, 0.05) is 18.3 Å². The summed E-state index contributed by atoms with van der Waals surface area (Å²) in [6, 6.07) is 16.2. The van der Waals surface area contributed by atoms with Crippen molar-refractivity contribution in [1.29, 1.82) is 0 Å². The van der Waals surface area contributed by atoms with Gasteiger partial charge in [-0.1, -0.05) is 24.3 Å². The third-order valence-electron chi connectivity index (χ3n) is 3.52. The van der Waals surface area contributed by atoms with Crippen LogP contribution in [0.15, 0.2) is 48.5 Å². The first kappa shape index (κ1) is 13.6. The predicted molar refractivity (Wildman–Crippen MR) is 83.2 cm³/mol. The smallest absolute Gasteiger partial charge is 0.221 e. The third kappa shape index (κ3) is 3.23. The molecule has 2 aromatic carbocycles. The van der Waals surface area contributed by atoms with Gasteiger partial charge in [-0.3, -0.25) is 4.79 Å². The molecule has 3 rings (SSSR count). The van der Waals surface area contributed by atoms with Gasteiger partial charge in [-0.25, -0.2) is 0 Å². The van der Waals surface area contributed by atoms with Crippen molar-refractivity contribution in [3.63, 3.8) is 0 Å². The Labute approximate surface area is 124 Å². The topological polar surface area (TPSA) is 50.4 Å². The van der Waals surface area contributed by atoms with Crippen LogP contribution in [0.4, 0.5) is 11.4 Å². The fourth-order valence-electron chi connectivity index (χ4n) is 2.56. The summed E-state index contributed by atoms with van der Waals surface area (Å²) in [6.07, 6.45) is 0. The van der Waals surface area contributed by atoms with E-state index in [9.17, 15) is 4.79 Å². The van der Waals surface area contributed by atoms with Gasteiger partial charge < -0.3 is 15.4 Å². The summed E-state index contributed by atoms with van der Waals surface area (Å²) in [5.41, 5.74) is 4.33. The lowest BCUT2D eigenvalue weighted by Gasteiger charge is -2.27. The SMILES string of the molecule is CC(=O)Nc1ccc(NC2COCc3ccccc32)cc1. The summed E-state index contributed by atoms with van der Waals surface area (Å²) in [6.45, 7) is 2.84. The largest absolute Gasteiger partial charge is 0.376 e. The highest BCUT2D eigenvalue weighted by molar-refractivity contribution is 5.88. The van der Waals surface area contributed by atoms with E-state index >= 15 is 0 Å². The van der Waals surface area contributed by atoms with Crippen molar-refractivity contribution in [3.8, 4) is 0 Å². The van der Waals surface area contributed by atoms with Crippen LogP contribution in [0.5, 0.6) is 0 Å². The Bertz CT molecular complexity index is 637. The maximum atomic E-state index is 11.0. The maximum absolute atomic E-state index is 11.0. The molecular formula is C17H18N2O2. The lowest BCUT2D eigenvalue weighted by molar-refractivity contribution is -0.114. The van der Waals surface area contributed by atoms with Gasteiger partial charge in [-0.2, -0.15) is 0 Å². The number of carbonyl (C=O) groups excluding carboxylic acids is 1. The van der Waals surface area contributed by atoms with E-state index in [1.54, 1.807) is 0 Å². The summed E-state index contributed by atoms with van der Waals surface area (Å²) in [5.74, 6) is -0.0645. The van der Waals surface area contributed by atoms with Crippen LogP contribution in [0.1, 0.15) is 24.1 Å². The number of nitrogens with one attached hydrogen (secondary N) is 2. The number of amides is 1. The molecule has 4 heteroatoms. The molecular weight excluding hydrogens is 264 g/mol. The molecule has 1 atom stereocenters. The van der Waals surface area contributed by atoms with Crippen LogP contribution in [0, 0.1) is 0 Å². The Morgan fingerprint density at radius 2 is 1.81 bits per heavy atom. The second kappa shape index (κ2) is 5.97. The standard InChI is InChI=1S/C17H18N2O2/c1-12(20)18-14-6-8-15(9-7-14)19-17-11-21-10-13-4-2-3-5-16(13)17/h2-9,17,19H,10-11H2,1H3,(H,18,20). The molecule has 1 aliphatic rings. The average Bonchev–Trinajstić information content (AvgIpc) is 2.49. The Morgan fingerprint density at radius 3 is 2.57 bits per heavy atom. The number of carbonyl (C=O) groups is 1. The van der Waals surface area contributed by atoms with Gasteiger partial charge in [-0.05, 0) is 35.4 Å². The number of rotatable bonds is 3. The van der Waals surface area contributed by atoms with Crippen LogP contribution in [-0.2, 0) is 16.1 Å². The summed E-state index contributed by atoms with van der Waals surface area (Å²) < 4.78 is 5.64. The summed E-state index contributed by atoms with van der Waals surface area (Å²) >= 11 is 0. The zero-order valence-electron chi connectivity index (χ0n) is 11.9. The van der Waals surface area contributed by atoms with Crippen molar-refractivity contribution in [2.45, 2.75) is 19.6 Å². The fourth-order valence-corrected chi connectivity index (χ4v) is 2.56. The summed E-state index contributed by atoms with van der Waals surface area (Å²) in [5, 5.41) is 6.24. The van der Waals surface area contributed by atoms with Gasteiger partial charge in [-0.15, -0.1) is 0 Å².